The summed E-state index contributed by atoms with van der Waals surface area (Å²) in [6, 6.07) is 4.06. The first-order valence-corrected chi connectivity index (χ1v) is 6.23. The number of rotatable bonds is 3. The maximum atomic E-state index is 13.1. The number of benzene rings is 1. The van der Waals surface area contributed by atoms with Gasteiger partial charge in [0, 0.05) is 11.4 Å². The minimum absolute atomic E-state index is 0.188. The Bertz CT molecular complexity index is 402. The Morgan fingerprint density at radius 1 is 1.35 bits per heavy atom. The lowest BCUT2D eigenvalue weighted by molar-refractivity contribution is -0.0689. The van der Waals surface area contributed by atoms with Crippen molar-refractivity contribution in [1.29, 1.82) is 0 Å². The van der Waals surface area contributed by atoms with E-state index in [0.29, 0.717) is 23.4 Å². The Hall–Kier alpha value is -0.640. The average Bonchev–Trinajstić information content (AvgIpc) is 2.72. The third-order valence-corrected chi connectivity index (χ3v) is 3.88. The van der Waals surface area contributed by atoms with Gasteiger partial charge < -0.3 is 10.2 Å². The first-order valence-electron chi connectivity index (χ1n) is 5.86. The van der Waals surface area contributed by atoms with E-state index in [1.165, 1.54) is 18.2 Å². The highest BCUT2D eigenvalue weighted by molar-refractivity contribution is 6.31. The van der Waals surface area contributed by atoms with Gasteiger partial charge in [-0.2, -0.15) is 0 Å². The maximum Gasteiger partial charge on any atom is 0.123 e. The first kappa shape index (κ1) is 12.8. The van der Waals surface area contributed by atoms with Gasteiger partial charge in [-0.25, -0.2) is 4.39 Å². The van der Waals surface area contributed by atoms with Crippen molar-refractivity contribution in [1.82, 2.24) is 0 Å². The van der Waals surface area contributed by atoms with Gasteiger partial charge in [-0.05, 0) is 36.6 Å². The molecule has 0 saturated heterocycles. The standard InChI is InChI=1S/C13H16ClFO2/c14-11-4-3-10(15)7-9(11)8-12(16)13(17)5-1-2-6-13/h3-4,7,12,16-17H,1-2,5-6,8H2. The summed E-state index contributed by atoms with van der Waals surface area (Å²) >= 11 is 5.93. The molecule has 0 aliphatic heterocycles. The van der Waals surface area contributed by atoms with E-state index in [-0.39, 0.29) is 12.2 Å². The van der Waals surface area contributed by atoms with Crippen LogP contribution in [0.2, 0.25) is 5.02 Å². The lowest BCUT2D eigenvalue weighted by Gasteiger charge is -2.28. The third-order valence-electron chi connectivity index (χ3n) is 3.51. The molecule has 4 heteroatoms. The molecule has 1 aromatic carbocycles. The summed E-state index contributed by atoms with van der Waals surface area (Å²) in [4.78, 5) is 0. The largest absolute Gasteiger partial charge is 0.390 e. The van der Waals surface area contributed by atoms with E-state index in [4.69, 9.17) is 11.6 Å². The molecule has 0 radical (unpaired) electrons. The predicted molar refractivity (Wildman–Crippen MR) is 64.5 cm³/mol. The molecule has 0 amide bonds. The van der Waals surface area contributed by atoms with E-state index >= 15 is 0 Å². The summed E-state index contributed by atoms with van der Waals surface area (Å²) < 4.78 is 13.1. The molecule has 1 saturated carbocycles. The summed E-state index contributed by atoms with van der Waals surface area (Å²) in [6.07, 6.45) is 2.34. The van der Waals surface area contributed by atoms with E-state index in [1.54, 1.807) is 0 Å². The van der Waals surface area contributed by atoms with Gasteiger partial charge in [-0.1, -0.05) is 24.4 Å². The second-order valence-electron chi connectivity index (χ2n) is 4.77. The van der Waals surface area contributed by atoms with Crippen molar-refractivity contribution in [3.8, 4) is 0 Å². The van der Waals surface area contributed by atoms with Crippen molar-refractivity contribution in [2.24, 2.45) is 0 Å². The molecule has 94 valence electrons. The van der Waals surface area contributed by atoms with Gasteiger partial charge in [0.1, 0.15) is 5.82 Å². The molecule has 0 heterocycles. The zero-order valence-corrected chi connectivity index (χ0v) is 10.3. The van der Waals surface area contributed by atoms with E-state index < -0.39 is 11.7 Å². The van der Waals surface area contributed by atoms with Gasteiger partial charge in [0.05, 0.1) is 11.7 Å². The quantitative estimate of drug-likeness (QED) is 0.875. The Morgan fingerprint density at radius 3 is 2.65 bits per heavy atom. The molecule has 1 unspecified atom stereocenters. The second-order valence-corrected chi connectivity index (χ2v) is 5.17. The summed E-state index contributed by atoms with van der Waals surface area (Å²) in [5.74, 6) is -0.380. The third kappa shape index (κ3) is 2.79. The number of halogens is 2. The van der Waals surface area contributed by atoms with Crippen molar-refractivity contribution < 1.29 is 14.6 Å². The van der Waals surface area contributed by atoms with Crippen LogP contribution in [0.3, 0.4) is 0 Å². The van der Waals surface area contributed by atoms with Crippen LogP contribution in [0.25, 0.3) is 0 Å². The Labute approximate surface area is 105 Å². The zero-order valence-electron chi connectivity index (χ0n) is 9.50. The second kappa shape index (κ2) is 4.92. The highest BCUT2D eigenvalue weighted by atomic mass is 35.5. The topological polar surface area (TPSA) is 40.5 Å². The van der Waals surface area contributed by atoms with Gasteiger partial charge in [-0.15, -0.1) is 0 Å². The number of hydrogen-bond donors (Lipinski definition) is 2. The van der Waals surface area contributed by atoms with Crippen molar-refractivity contribution in [3.63, 3.8) is 0 Å². The molecule has 0 spiro atoms. The SMILES string of the molecule is OC(Cc1cc(F)ccc1Cl)C1(O)CCCC1. The molecule has 1 aromatic rings. The van der Waals surface area contributed by atoms with Crippen LogP contribution in [0.15, 0.2) is 18.2 Å². The van der Waals surface area contributed by atoms with E-state index in [9.17, 15) is 14.6 Å². The molecule has 1 aliphatic rings. The molecule has 0 bridgehead atoms. The Morgan fingerprint density at radius 2 is 2.00 bits per heavy atom. The van der Waals surface area contributed by atoms with Gasteiger partial charge in [0.15, 0.2) is 0 Å². The van der Waals surface area contributed by atoms with E-state index in [2.05, 4.69) is 0 Å². The lowest BCUT2D eigenvalue weighted by Crippen LogP contribution is -2.40. The molecule has 2 N–H and O–H groups in total. The smallest absolute Gasteiger partial charge is 0.123 e. The van der Waals surface area contributed by atoms with Gasteiger partial charge in [0.25, 0.3) is 0 Å². The van der Waals surface area contributed by atoms with Crippen molar-refractivity contribution in [2.45, 2.75) is 43.8 Å². The fourth-order valence-electron chi connectivity index (χ4n) is 2.42. The van der Waals surface area contributed by atoms with Crippen LogP contribution in [0, 0.1) is 5.82 Å². The van der Waals surface area contributed by atoms with Crippen molar-refractivity contribution >= 4 is 11.6 Å². The number of hydrogen-bond acceptors (Lipinski definition) is 2. The van der Waals surface area contributed by atoms with Gasteiger partial charge >= 0.3 is 0 Å². The minimum Gasteiger partial charge on any atom is -0.390 e. The molecule has 2 rings (SSSR count). The number of aliphatic hydroxyl groups excluding tert-OH is 1. The summed E-state index contributed by atoms with van der Waals surface area (Å²) in [5, 5.41) is 20.7. The van der Waals surface area contributed by atoms with Crippen LogP contribution in [-0.2, 0) is 6.42 Å². The molecular weight excluding hydrogens is 243 g/mol. The van der Waals surface area contributed by atoms with Crippen LogP contribution in [-0.4, -0.2) is 21.9 Å². The van der Waals surface area contributed by atoms with Gasteiger partial charge in [-0.3, -0.25) is 0 Å². The Balaban J connectivity index is 2.12. The van der Waals surface area contributed by atoms with Crippen LogP contribution >= 0.6 is 11.6 Å². The van der Waals surface area contributed by atoms with Gasteiger partial charge in [0.2, 0.25) is 0 Å². The molecule has 2 nitrogen and oxygen atoms in total. The molecule has 17 heavy (non-hydrogen) atoms. The van der Waals surface area contributed by atoms with Crippen molar-refractivity contribution in [3.05, 3.63) is 34.6 Å². The number of aliphatic hydroxyl groups is 2. The Kier molecular flexibility index (Phi) is 3.71. The summed E-state index contributed by atoms with van der Waals surface area (Å²) in [6.45, 7) is 0. The lowest BCUT2D eigenvalue weighted by atomic mass is 9.90. The van der Waals surface area contributed by atoms with Crippen LogP contribution in [0.5, 0.6) is 0 Å². The van der Waals surface area contributed by atoms with Crippen molar-refractivity contribution in [2.75, 3.05) is 0 Å². The maximum absolute atomic E-state index is 13.1. The highest BCUT2D eigenvalue weighted by Gasteiger charge is 2.38. The van der Waals surface area contributed by atoms with Crippen LogP contribution in [0.4, 0.5) is 4.39 Å². The molecular formula is C13H16ClFO2. The van der Waals surface area contributed by atoms with E-state index in [0.717, 1.165) is 12.8 Å². The summed E-state index contributed by atoms with van der Waals surface area (Å²) in [7, 11) is 0. The highest BCUT2D eigenvalue weighted by Crippen LogP contribution is 2.34. The molecule has 1 atom stereocenters. The predicted octanol–water partition coefficient (Wildman–Crippen LogP) is 2.69. The molecule has 1 fully saturated rings. The minimum atomic E-state index is -1.03. The van der Waals surface area contributed by atoms with Crippen LogP contribution < -0.4 is 0 Å². The normalized spacial score (nSPS) is 20.5. The van der Waals surface area contributed by atoms with Crippen LogP contribution in [0.1, 0.15) is 31.2 Å². The molecule has 0 aromatic heterocycles. The fourth-order valence-corrected chi connectivity index (χ4v) is 2.61. The molecule has 1 aliphatic carbocycles. The average molecular weight is 259 g/mol. The van der Waals surface area contributed by atoms with E-state index in [1.807, 2.05) is 0 Å². The summed E-state index contributed by atoms with van der Waals surface area (Å²) in [5.41, 5.74) is -0.491. The zero-order chi connectivity index (χ0) is 12.5. The first-order chi connectivity index (χ1) is 8.01. The fraction of sp³-hybridized carbons (Fsp3) is 0.538. The monoisotopic (exact) mass is 258 g/mol.